The van der Waals surface area contributed by atoms with Crippen LogP contribution in [-0.2, 0) is 4.79 Å². The van der Waals surface area contributed by atoms with Crippen LogP contribution in [0.5, 0.6) is 0 Å². The van der Waals surface area contributed by atoms with Crippen LogP contribution in [-0.4, -0.2) is 17.1 Å². The lowest BCUT2D eigenvalue weighted by Gasteiger charge is -2.12. The van der Waals surface area contributed by atoms with Gasteiger partial charge in [0.15, 0.2) is 0 Å². The molecule has 10 heavy (non-hydrogen) atoms. The largest absolute Gasteiger partial charge is 0.392 e. The standard InChI is InChI=1S/C7H13NO2/c1-3-4-6(9)5(2)7(8)10/h3,5-6,9H,1,4H2,2H3,(H2,8,10)/t5-,6+/m0/s1. The van der Waals surface area contributed by atoms with Crippen LogP contribution in [0.3, 0.4) is 0 Å². The average Bonchev–Trinajstić information content (AvgIpc) is 1.87. The minimum absolute atomic E-state index is 0.407. The van der Waals surface area contributed by atoms with Crippen molar-refractivity contribution in [3.63, 3.8) is 0 Å². The summed E-state index contributed by atoms with van der Waals surface area (Å²) in [7, 11) is 0. The first kappa shape index (κ1) is 9.17. The third kappa shape index (κ3) is 2.64. The van der Waals surface area contributed by atoms with Gasteiger partial charge in [0.2, 0.25) is 5.91 Å². The number of nitrogens with two attached hydrogens (primary N) is 1. The molecule has 0 saturated heterocycles. The Labute approximate surface area is 60.5 Å². The summed E-state index contributed by atoms with van der Waals surface area (Å²) >= 11 is 0. The first-order chi connectivity index (χ1) is 4.59. The Bertz CT molecular complexity index is 134. The summed E-state index contributed by atoms with van der Waals surface area (Å²) in [6, 6.07) is 0. The van der Waals surface area contributed by atoms with E-state index in [0.29, 0.717) is 6.42 Å². The molecule has 0 rings (SSSR count). The maximum Gasteiger partial charge on any atom is 0.222 e. The molecule has 0 spiro atoms. The van der Waals surface area contributed by atoms with Gasteiger partial charge in [-0.1, -0.05) is 13.0 Å². The number of carbonyl (C=O) groups excluding carboxylic acids is 1. The minimum atomic E-state index is -0.685. The molecule has 1 amide bonds. The molecule has 0 aliphatic heterocycles. The number of amides is 1. The molecule has 0 aromatic rings. The molecule has 0 saturated carbocycles. The zero-order valence-electron chi connectivity index (χ0n) is 6.08. The van der Waals surface area contributed by atoms with E-state index in [4.69, 9.17) is 10.8 Å². The number of hydrogen-bond acceptors (Lipinski definition) is 2. The molecule has 0 unspecified atom stereocenters. The van der Waals surface area contributed by atoms with E-state index in [-0.39, 0.29) is 0 Å². The Morgan fingerprint density at radius 1 is 1.90 bits per heavy atom. The lowest BCUT2D eigenvalue weighted by atomic mass is 10.0. The van der Waals surface area contributed by atoms with E-state index in [1.807, 2.05) is 0 Å². The lowest BCUT2D eigenvalue weighted by molar-refractivity contribution is -0.124. The first-order valence-electron chi connectivity index (χ1n) is 3.18. The van der Waals surface area contributed by atoms with E-state index >= 15 is 0 Å². The minimum Gasteiger partial charge on any atom is -0.392 e. The molecule has 0 bridgehead atoms. The third-order valence-corrected chi connectivity index (χ3v) is 1.43. The second kappa shape index (κ2) is 4.06. The van der Waals surface area contributed by atoms with E-state index < -0.39 is 17.9 Å². The molecule has 0 aliphatic carbocycles. The Morgan fingerprint density at radius 2 is 2.40 bits per heavy atom. The normalized spacial score (nSPS) is 15.8. The van der Waals surface area contributed by atoms with Crippen LogP contribution in [0.1, 0.15) is 13.3 Å². The fourth-order valence-electron chi connectivity index (χ4n) is 0.565. The van der Waals surface area contributed by atoms with Crippen molar-refractivity contribution in [3.05, 3.63) is 12.7 Å². The fourth-order valence-corrected chi connectivity index (χ4v) is 0.565. The van der Waals surface area contributed by atoms with Gasteiger partial charge in [0.25, 0.3) is 0 Å². The van der Waals surface area contributed by atoms with Gasteiger partial charge in [-0.15, -0.1) is 6.58 Å². The van der Waals surface area contributed by atoms with Crippen molar-refractivity contribution in [2.24, 2.45) is 11.7 Å². The van der Waals surface area contributed by atoms with Crippen molar-refractivity contribution >= 4 is 5.91 Å². The van der Waals surface area contributed by atoms with Crippen LogP contribution < -0.4 is 5.73 Å². The molecule has 0 fully saturated rings. The molecule has 3 N–H and O–H groups in total. The molecule has 0 aromatic heterocycles. The Morgan fingerprint density at radius 3 is 2.70 bits per heavy atom. The second-order valence-electron chi connectivity index (χ2n) is 2.28. The van der Waals surface area contributed by atoms with Crippen LogP contribution in [0.2, 0.25) is 0 Å². The smallest absolute Gasteiger partial charge is 0.222 e. The van der Waals surface area contributed by atoms with E-state index in [9.17, 15) is 4.79 Å². The molecule has 0 radical (unpaired) electrons. The van der Waals surface area contributed by atoms with Gasteiger partial charge in [0, 0.05) is 0 Å². The number of hydrogen-bond donors (Lipinski definition) is 2. The van der Waals surface area contributed by atoms with Gasteiger partial charge in [0.1, 0.15) is 0 Å². The van der Waals surface area contributed by atoms with Gasteiger partial charge in [-0.05, 0) is 6.42 Å². The lowest BCUT2D eigenvalue weighted by Crippen LogP contribution is -2.30. The van der Waals surface area contributed by atoms with Crippen molar-refractivity contribution in [2.45, 2.75) is 19.4 Å². The molecule has 3 heteroatoms. The molecule has 2 atom stereocenters. The van der Waals surface area contributed by atoms with Crippen LogP contribution in [0.4, 0.5) is 0 Å². The zero-order chi connectivity index (χ0) is 8.15. The van der Waals surface area contributed by atoms with Crippen molar-refractivity contribution in [3.8, 4) is 0 Å². The molecule has 58 valence electrons. The quantitative estimate of drug-likeness (QED) is 0.546. The summed E-state index contributed by atoms with van der Waals surface area (Å²) in [6.07, 6.45) is 1.28. The van der Waals surface area contributed by atoms with E-state index in [1.54, 1.807) is 13.0 Å². The highest BCUT2D eigenvalue weighted by molar-refractivity contribution is 5.76. The predicted octanol–water partition coefficient (Wildman–Crippen LogP) is 0.0448. The summed E-state index contributed by atoms with van der Waals surface area (Å²) in [5, 5.41) is 9.12. The van der Waals surface area contributed by atoms with Crippen molar-refractivity contribution in [2.75, 3.05) is 0 Å². The van der Waals surface area contributed by atoms with E-state index in [2.05, 4.69) is 6.58 Å². The Hall–Kier alpha value is -0.830. The number of aliphatic hydroxyl groups is 1. The highest BCUT2D eigenvalue weighted by Gasteiger charge is 2.17. The first-order valence-corrected chi connectivity index (χ1v) is 3.18. The van der Waals surface area contributed by atoms with Gasteiger partial charge < -0.3 is 10.8 Å². The maximum absolute atomic E-state index is 10.4. The van der Waals surface area contributed by atoms with Crippen LogP contribution in [0, 0.1) is 5.92 Å². The number of rotatable bonds is 4. The topological polar surface area (TPSA) is 63.3 Å². The van der Waals surface area contributed by atoms with Crippen molar-refractivity contribution in [1.82, 2.24) is 0 Å². The van der Waals surface area contributed by atoms with Crippen LogP contribution >= 0.6 is 0 Å². The fraction of sp³-hybridized carbons (Fsp3) is 0.571. The molecule has 0 aliphatic rings. The molecule has 0 heterocycles. The number of aliphatic hydroxyl groups excluding tert-OH is 1. The highest BCUT2D eigenvalue weighted by Crippen LogP contribution is 2.05. The highest BCUT2D eigenvalue weighted by atomic mass is 16.3. The zero-order valence-corrected chi connectivity index (χ0v) is 6.08. The summed E-state index contributed by atoms with van der Waals surface area (Å²) in [6.45, 7) is 5.02. The summed E-state index contributed by atoms with van der Waals surface area (Å²) < 4.78 is 0. The van der Waals surface area contributed by atoms with Crippen molar-refractivity contribution < 1.29 is 9.90 Å². The van der Waals surface area contributed by atoms with Crippen molar-refractivity contribution in [1.29, 1.82) is 0 Å². The second-order valence-corrected chi connectivity index (χ2v) is 2.28. The Kier molecular flexibility index (Phi) is 3.72. The van der Waals surface area contributed by atoms with Crippen LogP contribution in [0.15, 0.2) is 12.7 Å². The van der Waals surface area contributed by atoms with Gasteiger partial charge in [0.05, 0.1) is 12.0 Å². The van der Waals surface area contributed by atoms with Gasteiger partial charge in [-0.25, -0.2) is 0 Å². The third-order valence-electron chi connectivity index (χ3n) is 1.43. The summed E-state index contributed by atoms with van der Waals surface area (Å²) in [5.74, 6) is -0.965. The number of carbonyl (C=O) groups is 1. The molecule has 0 aromatic carbocycles. The summed E-state index contributed by atoms with van der Waals surface area (Å²) in [5.41, 5.74) is 4.93. The van der Waals surface area contributed by atoms with Gasteiger partial charge in [-0.3, -0.25) is 4.79 Å². The van der Waals surface area contributed by atoms with Crippen LogP contribution in [0.25, 0.3) is 0 Å². The number of primary amides is 1. The molecule has 3 nitrogen and oxygen atoms in total. The SMILES string of the molecule is C=CC[C@@H](O)[C@H](C)C(N)=O. The molecular weight excluding hydrogens is 130 g/mol. The summed E-state index contributed by atoms with van der Waals surface area (Å²) in [4.78, 5) is 10.4. The molecular formula is C7H13NO2. The van der Waals surface area contributed by atoms with Gasteiger partial charge >= 0.3 is 0 Å². The average molecular weight is 143 g/mol. The monoisotopic (exact) mass is 143 g/mol. The van der Waals surface area contributed by atoms with Gasteiger partial charge in [-0.2, -0.15) is 0 Å². The maximum atomic E-state index is 10.4. The Balaban J connectivity index is 3.80. The van der Waals surface area contributed by atoms with E-state index in [1.165, 1.54) is 0 Å². The predicted molar refractivity (Wildman–Crippen MR) is 39.2 cm³/mol. The van der Waals surface area contributed by atoms with E-state index in [0.717, 1.165) is 0 Å².